The van der Waals surface area contributed by atoms with Crippen molar-refractivity contribution in [1.82, 2.24) is 4.90 Å². The minimum atomic E-state index is -4.17. The molecular weight excluding hydrogens is 221 g/mol. The Morgan fingerprint density at radius 2 is 2.06 bits per heavy atom. The fourth-order valence-electron chi connectivity index (χ4n) is 1.98. The number of hydrogen-bond donors (Lipinski definition) is 1. The Labute approximate surface area is 93.7 Å². The van der Waals surface area contributed by atoms with E-state index in [1.54, 1.807) is 0 Å². The molecule has 0 saturated carbocycles. The summed E-state index contributed by atoms with van der Waals surface area (Å²) in [7, 11) is 0. The van der Waals surface area contributed by atoms with Crippen molar-refractivity contribution >= 4 is 0 Å². The summed E-state index contributed by atoms with van der Waals surface area (Å²) in [5, 5.41) is 0. The van der Waals surface area contributed by atoms with E-state index in [0.29, 0.717) is 6.54 Å². The lowest BCUT2D eigenvalue weighted by Gasteiger charge is -2.25. The Morgan fingerprint density at radius 1 is 1.38 bits per heavy atom. The molecule has 6 heteroatoms. The van der Waals surface area contributed by atoms with Crippen LogP contribution >= 0.6 is 0 Å². The van der Waals surface area contributed by atoms with Crippen molar-refractivity contribution in [2.75, 3.05) is 26.2 Å². The van der Waals surface area contributed by atoms with E-state index in [2.05, 4.69) is 0 Å². The van der Waals surface area contributed by atoms with Crippen molar-refractivity contribution in [2.45, 2.75) is 38.1 Å². The van der Waals surface area contributed by atoms with Crippen molar-refractivity contribution in [3.63, 3.8) is 0 Å². The zero-order valence-electron chi connectivity index (χ0n) is 9.46. The van der Waals surface area contributed by atoms with E-state index in [4.69, 9.17) is 10.5 Å². The van der Waals surface area contributed by atoms with Crippen LogP contribution in [0.2, 0.25) is 0 Å². The molecule has 16 heavy (non-hydrogen) atoms. The summed E-state index contributed by atoms with van der Waals surface area (Å²) in [5.41, 5.74) is 5.30. The lowest BCUT2D eigenvalue weighted by molar-refractivity contribution is -0.148. The summed E-state index contributed by atoms with van der Waals surface area (Å²) in [6.45, 7) is 1.85. The van der Waals surface area contributed by atoms with Crippen LogP contribution in [0.4, 0.5) is 13.2 Å². The Kier molecular flexibility index (Phi) is 5.01. The maximum Gasteiger partial charge on any atom is 0.401 e. The molecule has 0 aromatic rings. The highest BCUT2D eigenvalue weighted by Crippen LogP contribution is 2.22. The summed E-state index contributed by atoms with van der Waals surface area (Å²) >= 11 is 0. The van der Waals surface area contributed by atoms with Crippen molar-refractivity contribution in [3.8, 4) is 0 Å². The highest BCUT2D eigenvalue weighted by Gasteiger charge is 2.32. The quantitative estimate of drug-likeness (QED) is 0.789. The van der Waals surface area contributed by atoms with E-state index in [-0.39, 0.29) is 25.3 Å². The predicted octanol–water partition coefficient (Wildman–Crippen LogP) is 1.38. The van der Waals surface area contributed by atoms with Crippen molar-refractivity contribution < 1.29 is 17.9 Å². The molecule has 0 aliphatic carbocycles. The minimum Gasteiger partial charge on any atom is -0.374 e. The molecule has 0 amide bonds. The SMILES string of the molecule is CC1CCC(CN(CCN)CC(F)(F)F)O1. The monoisotopic (exact) mass is 240 g/mol. The first kappa shape index (κ1) is 13.7. The normalized spacial score (nSPS) is 26.6. The standard InChI is InChI=1S/C10H19F3N2O/c1-8-2-3-9(16-8)6-15(5-4-14)7-10(11,12)13/h8-9H,2-7,14H2,1H3. The second kappa shape index (κ2) is 5.84. The van der Waals surface area contributed by atoms with Crippen LogP contribution in [0, 0.1) is 0 Å². The van der Waals surface area contributed by atoms with Crippen LogP contribution in [0.3, 0.4) is 0 Å². The van der Waals surface area contributed by atoms with Gasteiger partial charge >= 0.3 is 6.18 Å². The summed E-state index contributed by atoms with van der Waals surface area (Å²) in [6.07, 6.45) is -2.33. The van der Waals surface area contributed by atoms with Gasteiger partial charge in [0.2, 0.25) is 0 Å². The van der Waals surface area contributed by atoms with E-state index in [9.17, 15) is 13.2 Å². The van der Waals surface area contributed by atoms with E-state index < -0.39 is 12.7 Å². The van der Waals surface area contributed by atoms with Gasteiger partial charge in [0.05, 0.1) is 18.8 Å². The number of hydrogen-bond acceptors (Lipinski definition) is 3. The topological polar surface area (TPSA) is 38.5 Å². The molecule has 1 heterocycles. The first-order valence-corrected chi connectivity index (χ1v) is 5.55. The average Bonchev–Trinajstić information content (AvgIpc) is 2.48. The van der Waals surface area contributed by atoms with Gasteiger partial charge in [0.1, 0.15) is 0 Å². The highest BCUT2D eigenvalue weighted by atomic mass is 19.4. The van der Waals surface area contributed by atoms with E-state index in [0.717, 1.165) is 12.8 Å². The third kappa shape index (κ3) is 5.14. The van der Waals surface area contributed by atoms with Gasteiger partial charge in [-0.05, 0) is 19.8 Å². The Morgan fingerprint density at radius 3 is 2.50 bits per heavy atom. The number of halogens is 3. The third-order valence-corrected chi connectivity index (χ3v) is 2.63. The summed E-state index contributed by atoms with van der Waals surface area (Å²) in [6, 6.07) is 0. The molecule has 0 radical (unpaired) electrons. The third-order valence-electron chi connectivity index (χ3n) is 2.63. The van der Waals surface area contributed by atoms with Crippen LogP contribution in [0.25, 0.3) is 0 Å². The van der Waals surface area contributed by atoms with Crippen molar-refractivity contribution in [1.29, 1.82) is 0 Å². The number of nitrogens with two attached hydrogens (primary N) is 1. The molecule has 2 N–H and O–H groups in total. The molecule has 1 rings (SSSR count). The summed E-state index contributed by atoms with van der Waals surface area (Å²) < 4.78 is 42.3. The summed E-state index contributed by atoms with van der Waals surface area (Å²) in [5.74, 6) is 0. The first-order chi connectivity index (χ1) is 7.40. The number of alkyl halides is 3. The number of ether oxygens (including phenoxy) is 1. The van der Waals surface area contributed by atoms with Gasteiger partial charge in [0.15, 0.2) is 0 Å². The van der Waals surface area contributed by atoms with E-state index in [1.165, 1.54) is 4.90 Å². The number of rotatable bonds is 5. The minimum absolute atomic E-state index is 0.0797. The predicted molar refractivity (Wildman–Crippen MR) is 55.1 cm³/mol. The fraction of sp³-hybridized carbons (Fsp3) is 1.00. The van der Waals surface area contributed by atoms with Crippen molar-refractivity contribution in [2.24, 2.45) is 5.73 Å². The largest absolute Gasteiger partial charge is 0.401 e. The molecule has 2 atom stereocenters. The molecule has 1 fully saturated rings. The lowest BCUT2D eigenvalue weighted by Crippen LogP contribution is -2.41. The second-order valence-corrected chi connectivity index (χ2v) is 4.29. The smallest absolute Gasteiger partial charge is 0.374 e. The van der Waals surface area contributed by atoms with E-state index >= 15 is 0 Å². The van der Waals surface area contributed by atoms with Gasteiger partial charge in [0.25, 0.3) is 0 Å². The van der Waals surface area contributed by atoms with Crippen LogP contribution in [-0.4, -0.2) is 49.5 Å². The van der Waals surface area contributed by atoms with Crippen LogP contribution in [0.5, 0.6) is 0 Å². The molecule has 2 unspecified atom stereocenters. The second-order valence-electron chi connectivity index (χ2n) is 4.29. The molecule has 3 nitrogen and oxygen atoms in total. The molecule has 96 valence electrons. The Balaban J connectivity index is 2.38. The molecule has 0 aromatic heterocycles. The molecule has 0 spiro atoms. The van der Waals surface area contributed by atoms with Gasteiger partial charge in [-0.15, -0.1) is 0 Å². The molecule has 1 aliphatic rings. The van der Waals surface area contributed by atoms with Gasteiger partial charge in [0, 0.05) is 19.6 Å². The summed E-state index contributed by atoms with van der Waals surface area (Å²) in [4.78, 5) is 1.32. The fourth-order valence-corrected chi connectivity index (χ4v) is 1.98. The van der Waals surface area contributed by atoms with Crippen LogP contribution in [-0.2, 0) is 4.74 Å². The zero-order valence-corrected chi connectivity index (χ0v) is 9.46. The van der Waals surface area contributed by atoms with Gasteiger partial charge in [-0.3, -0.25) is 4.90 Å². The maximum atomic E-state index is 12.3. The highest BCUT2D eigenvalue weighted by molar-refractivity contribution is 4.75. The number of nitrogens with zero attached hydrogens (tertiary/aromatic N) is 1. The zero-order chi connectivity index (χ0) is 12.2. The first-order valence-electron chi connectivity index (χ1n) is 5.55. The van der Waals surface area contributed by atoms with Gasteiger partial charge < -0.3 is 10.5 Å². The van der Waals surface area contributed by atoms with Crippen molar-refractivity contribution in [3.05, 3.63) is 0 Å². The Bertz CT molecular complexity index is 211. The average molecular weight is 240 g/mol. The van der Waals surface area contributed by atoms with Crippen LogP contribution in [0.1, 0.15) is 19.8 Å². The van der Waals surface area contributed by atoms with E-state index in [1.807, 2.05) is 6.92 Å². The molecule has 1 aliphatic heterocycles. The van der Waals surface area contributed by atoms with Gasteiger partial charge in [-0.2, -0.15) is 13.2 Å². The van der Waals surface area contributed by atoms with Gasteiger partial charge in [-0.25, -0.2) is 0 Å². The molecule has 0 aromatic carbocycles. The Hall–Kier alpha value is -0.330. The van der Waals surface area contributed by atoms with Crippen LogP contribution < -0.4 is 5.73 Å². The molecule has 1 saturated heterocycles. The molecule has 0 bridgehead atoms. The maximum absolute atomic E-state index is 12.3. The van der Waals surface area contributed by atoms with Gasteiger partial charge in [-0.1, -0.05) is 0 Å². The van der Waals surface area contributed by atoms with Crippen LogP contribution in [0.15, 0.2) is 0 Å². The molecular formula is C10H19F3N2O. The lowest BCUT2D eigenvalue weighted by atomic mass is 10.2.